The maximum atomic E-state index is 6.38. The topological polar surface area (TPSA) is 15.7 Å². The molecule has 2 saturated heterocycles. The van der Waals surface area contributed by atoms with E-state index in [9.17, 15) is 0 Å². The van der Waals surface area contributed by atoms with Crippen LogP contribution in [0.5, 0.6) is 0 Å². The van der Waals surface area contributed by atoms with Crippen LogP contribution in [0.15, 0.2) is 30.3 Å². The number of likely N-dealkylation sites (tertiary alicyclic amines) is 1. The number of piperidine rings is 2. The van der Waals surface area contributed by atoms with Gasteiger partial charge >= 0.3 is 0 Å². The van der Waals surface area contributed by atoms with Crippen molar-refractivity contribution in [2.45, 2.75) is 63.2 Å². The normalized spacial score (nSPS) is 30.2. The van der Waals surface area contributed by atoms with E-state index in [1.54, 1.807) is 0 Å². The van der Waals surface area contributed by atoms with Crippen molar-refractivity contribution >= 4 is 5.69 Å². The molecule has 2 aliphatic heterocycles. The van der Waals surface area contributed by atoms with Crippen molar-refractivity contribution in [1.82, 2.24) is 4.90 Å². The predicted molar refractivity (Wildman–Crippen MR) is 95.0 cm³/mol. The number of nitrogens with zero attached hydrogens (tertiary/aromatic N) is 2. The van der Waals surface area contributed by atoms with Gasteiger partial charge in [0, 0.05) is 24.8 Å². The minimum absolute atomic E-state index is 0.488. The van der Waals surface area contributed by atoms with Gasteiger partial charge < -0.3 is 14.5 Å². The fraction of sp³-hybridized carbons (Fsp3) is 0.700. The summed E-state index contributed by atoms with van der Waals surface area (Å²) in [5, 5.41) is 0. The Morgan fingerprint density at radius 2 is 1.48 bits per heavy atom. The average Bonchev–Trinajstić information content (AvgIpc) is 2.60. The summed E-state index contributed by atoms with van der Waals surface area (Å²) in [4.78, 5) is 5.21. The van der Waals surface area contributed by atoms with Gasteiger partial charge in [0.1, 0.15) is 0 Å². The molecule has 0 unspecified atom stereocenters. The smallest absolute Gasteiger partial charge is 0.0612 e. The third kappa shape index (κ3) is 3.72. The minimum Gasteiger partial charge on any atom is -0.375 e. The molecule has 1 aliphatic carbocycles. The number of benzene rings is 1. The Labute approximate surface area is 140 Å². The van der Waals surface area contributed by atoms with Crippen LogP contribution < -0.4 is 4.90 Å². The summed E-state index contributed by atoms with van der Waals surface area (Å²) in [6.45, 7) is 4.92. The molecule has 0 amide bonds. The molecule has 0 atom stereocenters. The van der Waals surface area contributed by atoms with E-state index in [2.05, 4.69) is 40.1 Å². The molecule has 2 heterocycles. The Morgan fingerprint density at radius 3 is 2.17 bits per heavy atom. The van der Waals surface area contributed by atoms with Crippen molar-refractivity contribution < 1.29 is 4.74 Å². The molecule has 0 spiro atoms. The van der Waals surface area contributed by atoms with Gasteiger partial charge in [-0.1, -0.05) is 24.6 Å². The highest BCUT2D eigenvalue weighted by atomic mass is 16.5. The fourth-order valence-electron chi connectivity index (χ4n) is 4.39. The number of para-hydroxylation sites is 1. The maximum absolute atomic E-state index is 6.38. The number of rotatable bonds is 4. The van der Waals surface area contributed by atoms with Gasteiger partial charge in [0.25, 0.3) is 0 Å². The third-order valence-corrected chi connectivity index (χ3v) is 5.93. The highest BCUT2D eigenvalue weighted by molar-refractivity contribution is 5.46. The van der Waals surface area contributed by atoms with Crippen LogP contribution in [-0.2, 0) is 4.74 Å². The summed E-state index contributed by atoms with van der Waals surface area (Å²) in [6, 6.07) is 11.6. The Morgan fingerprint density at radius 1 is 0.783 bits per heavy atom. The van der Waals surface area contributed by atoms with Crippen LogP contribution in [0.25, 0.3) is 0 Å². The molecule has 1 saturated carbocycles. The Bertz CT molecular complexity index is 472. The molecule has 3 nitrogen and oxygen atoms in total. The summed E-state index contributed by atoms with van der Waals surface area (Å²) in [5.41, 5.74) is 1.36. The van der Waals surface area contributed by atoms with Crippen LogP contribution >= 0.6 is 0 Å². The van der Waals surface area contributed by atoms with Gasteiger partial charge in [-0.3, -0.25) is 0 Å². The summed E-state index contributed by atoms with van der Waals surface area (Å²) in [6.07, 6.45) is 10.2. The SMILES string of the molecule is c1ccc(N2CCC(OC3CC(N4CCCCC4)C3)CC2)cc1. The third-order valence-electron chi connectivity index (χ3n) is 5.93. The number of hydrogen-bond donors (Lipinski definition) is 0. The molecule has 0 radical (unpaired) electrons. The number of anilines is 1. The van der Waals surface area contributed by atoms with Gasteiger partial charge in [0.2, 0.25) is 0 Å². The van der Waals surface area contributed by atoms with Crippen molar-refractivity contribution in [3.63, 3.8) is 0 Å². The lowest BCUT2D eigenvalue weighted by molar-refractivity contribution is -0.0961. The van der Waals surface area contributed by atoms with Gasteiger partial charge in [0.15, 0.2) is 0 Å². The zero-order valence-electron chi connectivity index (χ0n) is 14.2. The molecule has 0 aromatic heterocycles. The highest BCUT2D eigenvalue weighted by Crippen LogP contribution is 2.32. The Balaban J connectivity index is 1.18. The van der Waals surface area contributed by atoms with E-state index in [1.807, 2.05) is 0 Å². The molecule has 23 heavy (non-hydrogen) atoms. The largest absolute Gasteiger partial charge is 0.375 e. The van der Waals surface area contributed by atoms with Gasteiger partial charge in [0.05, 0.1) is 12.2 Å². The van der Waals surface area contributed by atoms with Gasteiger partial charge in [-0.15, -0.1) is 0 Å². The van der Waals surface area contributed by atoms with Gasteiger partial charge in [-0.05, 0) is 63.7 Å². The Kier molecular flexibility index (Phi) is 4.86. The van der Waals surface area contributed by atoms with Crippen LogP contribution in [0.3, 0.4) is 0 Å². The molecule has 4 rings (SSSR count). The summed E-state index contributed by atoms with van der Waals surface area (Å²) >= 11 is 0. The average molecular weight is 314 g/mol. The molecule has 1 aromatic carbocycles. The molecule has 1 aromatic rings. The van der Waals surface area contributed by atoms with Crippen molar-refractivity contribution in [3.05, 3.63) is 30.3 Å². The van der Waals surface area contributed by atoms with Crippen molar-refractivity contribution in [2.75, 3.05) is 31.1 Å². The van der Waals surface area contributed by atoms with E-state index in [1.165, 1.54) is 63.7 Å². The monoisotopic (exact) mass is 314 g/mol. The summed E-state index contributed by atoms with van der Waals surface area (Å²) in [7, 11) is 0. The highest BCUT2D eigenvalue weighted by Gasteiger charge is 2.36. The van der Waals surface area contributed by atoms with Gasteiger partial charge in [-0.2, -0.15) is 0 Å². The predicted octanol–water partition coefficient (Wildman–Crippen LogP) is 3.69. The Hall–Kier alpha value is -1.06. The second-order valence-corrected chi connectivity index (χ2v) is 7.50. The number of ether oxygens (including phenoxy) is 1. The van der Waals surface area contributed by atoms with Crippen molar-refractivity contribution in [2.24, 2.45) is 0 Å². The van der Waals surface area contributed by atoms with Crippen molar-refractivity contribution in [1.29, 1.82) is 0 Å². The zero-order chi connectivity index (χ0) is 15.5. The lowest BCUT2D eigenvalue weighted by Crippen LogP contribution is -2.51. The molecule has 3 fully saturated rings. The summed E-state index contributed by atoms with van der Waals surface area (Å²) < 4.78 is 6.38. The first-order valence-electron chi connectivity index (χ1n) is 9.58. The molecular weight excluding hydrogens is 284 g/mol. The van der Waals surface area contributed by atoms with Gasteiger partial charge in [-0.25, -0.2) is 0 Å². The standard InChI is InChI=1S/C20H30N2O/c1-3-7-17(8-4-1)22-13-9-19(10-14-22)23-20-15-18(16-20)21-11-5-2-6-12-21/h1,3-4,7-8,18-20H,2,5-6,9-16H2. The first-order chi connectivity index (χ1) is 11.4. The van der Waals surface area contributed by atoms with E-state index in [0.717, 1.165) is 19.1 Å². The van der Waals surface area contributed by atoms with Crippen LogP contribution in [0.1, 0.15) is 44.9 Å². The van der Waals surface area contributed by atoms with E-state index >= 15 is 0 Å². The van der Waals surface area contributed by atoms with Crippen LogP contribution in [0, 0.1) is 0 Å². The quantitative estimate of drug-likeness (QED) is 0.843. The molecule has 3 heteroatoms. The second kappa shape index (κ2) is 7.23. The zero-order valence-corrected chi connectivity index (χ0v) is 14.2. The first-order valence-corrected chi connectivity index (χ1v) is 9.58. The molecule has 0 bridgehead atoms. The van der Waals surface area contributed by atoms with E-state index in [-0.39, 0.29) is 0 Å². The lowest BCUT2D eigenvalue weighted by Gasteiger charge is -2.46. The molecular formula is C20H30N2O. The van der Waals surface area contributed by atoms with Crippen LogP contribution in [0.2, 0.25) is 0 Å². The van der Waals surface area contributed by atoms with Crippen LogP contribution in [-0.4, -0.2) is 49.3 Å². The first kappa shape index (κ1) is 15.5. The second-order valence-electron chi connectivity index (χ2n) is 7.50. The van der Waals surface area contributed by atoms with Crippen molar-refractivity contribution in [3.8, 4) is 0 Å². The summed E-state index contributed by atoms with van der Waals surface area (Å²) in [5.74, 6) is 0. The number of hydrogen-bond acceptors (Lipinski definition) is 3. The minimum atomic E-state index is 0.488. The van der Waals surface area contributed by atoms with Crippen LogP contribution in [0.4, 0.5) is 5.69 Å². The van der Waals surface area contributed by atoms with E-state index < -0.39 is 0 Å². The fourth-order valence-corrected chi connectivity index (χ4v) is 4.39. The molecule has 0 N–H and O–H groups in total. The molecule has 126 valence electrons. The maximum Gasteiger partial charge on any atom is 0.0612 e. The lowest BCUT2D eigenvalue weighted by atomic mass is 9.86. The molecule has 3 aliphatic rings. The van der Waals surface area contributed by atoms with E-state index in [4.69, 9.17) is 4.74 Å². The van der Waals surface area contributed by atoms with E-state index in [0.29, 0.717) is 12.2 Å².